The predicted molar refractivity (Wildman–Crippen MR) is 91.0 cm³/mol. The standard InChI is InChI=1S/C18H17FN2O5/c1-11(18(24)21-13-8-6-12(7-9-13)17(20)23)26-16(22)10-25-15-5-3-2-4-14(15)19/h2-9,11H,10H2,1H3,(H2,20,23)(H,21,24)/t11-/m0/s1. The van der Waals surface area contributed by atoms with Crippen LogP contribution in [0.15, 0.2) is 48.5 Å². The number of primary amides is 1. The summed E-state index contributed by atoms with van der Waals surface area (Å²) >= 11 is 0. The summed E-state index contributed by atoms with van der Waals surface area (Å²) in [6, 6.07) is 11.5. The first-order valence-corrected chi connectivity index (χ1v) is 7.64. The molecule has 0 unspecified atom stereocenters. The van der Waals surface area contributed by atoms with Crippen LogP contribution < -0.4 is 15.8 Å². The SMILES string of the molecule is C[C@H](OC(=O)COc1ccccc1F)C(=O)Nc1ccc(C(N)=O)cc1. The molecule has 136 valence electrons. The highest BCUT2D eigenvalue weighted by Crippen LogP contribution is 2.15. The third-order valence-electron chi connectivity index (χ3n) is 3.30. The third-order valence-corrected chi connectivity index (χ3v) is 3.30. The molecule has 0 aromatic heterocycles. The molecule has 1 atom stereocenters. The molecule has 0 saturated carbocycles. The first-order valence-electron chi connectivity index (χ1n) is 7.64. The summed E-state index contributed by atoms with van der Waals surface area (Å²) in [5, 5.41) is 2.53. The maximum Gasteiger partial charge on any atom is 0.344 e. The molecule has 0 saturated heterocycles. The number of halogens is 1. The molecule has 0 bridgehead atoms. The van der Waals surface area contributed by atoms with E-state index in [0.29, 0.717) is 11.3 Å². The van der Waals surface area contributed by atoms with Crippen molar-refractivity contribution in [1.29, 1.82) is 0 Å². The van der Waals surface area contributed by atoms with Crippen LogP contribution in [-0.2, 0) is 14.3 Å². The van der Waals surface area contributed by atoms with Crippen molar-refractivity contribution in [2.45, 2.75) is 13.0 Å². The highest BCUT2D eigenvalue weighted by molar-refractivity contribution is 5.96. The number of nitrogens with one attached hydrogen (secondary N) is 1. The van der Waals surface area contributed by atoms with Crippen molar-refractivity contribution in [2.75, 3.05) is 11.9 Å². The summed E-state index contributed by atoms with van der Waals surface area (Å²) in [5.41, 5.74) is 5.84. The van der Waals surface area contributed by atoms with Crippen molar-refractivity contribution >= 4 is 23.5 Å². The van der Waals surface area contributed by atoms with E-state index >= 15 is 0 Å². The van der Waals surface area contributed by atoms with Crippen LogP contribution in [0.3, 0.4) is 0 Å². The number of para-hydroxylation sites is 1. The number of carbonyl (C=O) groups is 3. The second-order valence-corrected chi connectivity index (χ2v) is 5.28. The lowest BCUT2D eigenvalue weighted by atomic mass is 10.2. The number of anilines is 1. The average Bonchev–Trinajstić information content (AvgIpc) is 2.61. The minimum absolute atomic E-state index is 0.0869. The number of carbonyl (C=O) groups excluding carboxylic acids is 3. The maximum atomic E-state index is 13.4. The van der Waals surface area contributed by atoms with E-state index in [1.807, 2.05) is 0 Å². The summed E-state index contributed by atoms with van der Waals surface area (Å²) in [5.74, 6) is -2.67. The molecule has 2 aromatic rings. The van der Waals surface area contributed by atoms with Gasteiger partial charge in [0.05, 0.1) is 0 Å². The van der Waals surface area contributed by atoms with Crippen molar-refractivity contribution in [1.82, 2.24) is 0 Å². The lowest BCUT2D eigenvalue weighted by Gasteiger charge is -2.14. The zero-order chi connectivity index (χ0) is 19.1. The van der Waals surface area contributed by atoms with Gasteiger partial charge in [0, 0.05) is 11.3 Å². The van der Waals surface area contributed by atoms with Crippen LogP contribution in [0.4, 0.5) is 10.1 Å². The van der Waals surface area contributed by atoms with E-state index < -0.39 is 36.3 Å². The zero-order valence-electron chi connectivity index (χ0n) is 13.9. The Bertz CT molecular complexity index is 807. The average molecular weight is 360 g/mol. The van der Waals surface area contributed by atoms with Gasteiger partial charge in [-0.15, -0.1) is 0 Å². The number of hydrogen-bond acceptors (Lipinski definition) is 5. The molecule has 7 nitrogen and oxygen atoms in total. The van der Waals surface area contributed by atoms with Crippen LogP contribution in [0.5, 0.6) is 5.75 Å². The molecule has 0 spiro atoms. The summed E-state index contributed by atoms with van der Waals surface area (Å²) in [6.07, 6.45) is -1.09. The molecular weight excluding hydrogens is 343 g/mol. The molecule has 0 radical (unpaired) electrons. The van der Waals surface area contributed by atoms with Gasteiger partial charge in [0.2, 0.25) is 5.91 Å². The molecule has 0 heterocycles. The molecule has 2 aromatic carbocycles. The Hall–Kier alpha value is -3.42. The van der Waals surface area contributed by atoms with Crippen molar-refractivity contribution in [3.05, 3.63) is 59.9 Å². The van der Waals surface area contributed by atoms with Gasteiger partial charge in [-0.3, -0.25) is 9.59 Å². The fraction of sp³-hybridized carbons (Fsp3) is 0.167. The van der Waals surface area contributed by atoms with Gasteiger partial charge in [0.25, 0.3) is 5.91 Å². The minimum atomic E-state index is -1.09. The Morgan fingerprint density at radius 1 is 1.12 bits per heavy atom. The van der Waals surface area contributed by atoms with Gasteiger partial charge in [-0.1, -0.05) is 12.1 Å². The van der Waals surface area contributed by atoms with E-state index in [0.717, 1.165) is 0 Å². The van der Waals surface area contributed by atoms with E-state index in [-0.39, 0.29) is 5.75 Å². The first-order chi connectivity index (χ1) is 12.4. The summed E-state index contributed by atoms with van der Waals surface area (Å²) in [4.78, 5) is 34.7. The van der Waals surface area contributed by atoms with Crippen molar-refractivity contribution in [3.63, 3.8) is 0 Å². The molecule has 8 heteroatoms. The van der Waals surface area contributed by atoms with E-state index in [9.17, 15) is 18.8 Å². The van der Waals surface area contributed by atoms with Gasteiger partial charge in [-0.2, -0.15) is 0 Å². The Kier molecular flexibility index (Phi) is 6.26. The van der Waals surface area contributed by atoms with Crippen molar-refractivity contribution in [3.8, 4) is 5.75 Å². The number of ether oxygens (including phenoxy) is 2. The van der Waals surface area contributed by atoms with Gasteiger partial charge in [-0.05, 0) is 43.3 Å². The quantitative estimate of drug-likeness (QED) is 0.733. The normalized spacial score (nSPS) is 11.3. The summed E-state index contributed by atoms with van der Waals surface area (Å²) < 4.78 is 23.3. The van der Waals surface area contributed by atoms with E-state index in [2.05, 4.69) is 5.32 Å². The van der Waals surface area contributed by atoms with Gasteiger partial charge in [0.15, 0.2) is 24.3 Å². The summed E-state index contributed by atoms with van der Waals surface area (Å²) in [6.45, 7) is 0.847. The minimum Gasteiger partial charge on any atom is -0.479 e. The Balaban J connectivity index is 1.83. The zero-order valence-corrected chi connectivity index (χ0v) is 13.9. The number of esters is 1. The lowest BCUT2D eigenvalue weighted by molar-refractivity contribution is -0.155. The second-order valence-electron chi connectivity index (χ2n) is 5.28. The lowest BCUT2D eigenvalue weighted by Crippen LogP contribution is -2.31. The molecule has 0 fully saturated rings. The first kappa shape index (κ1) is 18.9. The predicted octanol–water partition coefficient (Wildman–Crippen LogP) is 1.87. The number of nitrogens with two attached hydrogens (primary N) is 1. The summed E-state index contributed by atoms with van der Waals surface area (Å²) in [7, 11) is 0. The van der Waals surface area contributed by atoms with E-state index in [1.54, 1.807) is 6.07 Å². The van der Waals surface area contributed by atoms with Crippen molar-refractivity contribution in [2.24, 2.45) is 5.73 Å². The monoisotopic (exact) mass is 360 g/mol. The topological polar surface area (TPSA) is 108 Å². The van der Waals surface area contributed by atoms with Crippen LogP contribution in [0.25, 0.3) is 0 Å². The third kappa shape index (κ3) is 5.30. The molecular formula is C18H17FN2O5. The number of hydrogen-bond donors (Lipinski definition) is 2. The van der Waals surface area contributed by atoms with Gasteiger partial charge in [-0.25, -0.2) is 9.18 Å². The Morgan fingerprint density at radius 2 is 1.77 bits per heavy atom. The second kappa shape index (κ2) is 8.61. The highest BCUT2D eigenvalue weighted by Gasteiger charge is 2.18. The number of benzene rings is 2. The largest absolute Gasteiger partial charge is 0.479 e. The Morgan fingerprint density at radius 3 is 2.38 bits per heavy atom. The highest BCUT2D eigenvalue weighted by atomic mass is 19.1. The number of amides is 2. The molecule has 3 N–H and O–H groups in total. The van der Waals surface area contributed by atoms with Gasteiger partial charge >= 0.3 is 5.97 Å². The molecule has 0 aliphatic carbocycles. The van der Waals surface area contributed by atoms with Crippen molar-refractivity contribution < 1.29 is 28.2 Å². The fourth-order valence-electron chi connectivity index (χ4n) is 1.94. The van der Waals surface area contributed by atoms with E-state index in [1.165, 1.54) is 49.4 Å². The Labute approximate surface area is 148 Å². The van der Waals surface area contributed by atoms with Gasteiger partial charge in [0.1, 0.15) is 0 Å². The van der Waals surface area contributed by atoms with Crippen LogP contribution in [0, 0.1) is 5.82 Å². The van der Waals surface area contributed by atoms with Crippen LogP contribution >= 0.6 is 0 Å². The smallest absolute Gasteiger partial charge is 0.344 e. The number of rotatable bonds is 7. The molecule has 2 amide bonds. The molecule has 2 rings (SSSR count). The fourth-order valence-corrected chi connectivity index (χ4v) is 1.94. The molecule has 0 aliphatic rings. The van der Waals surface area contributed by atoms with Crippen LogP contribution in [0.2, 0.25) is 0 Å². The molecule has 26 heavy (non-hydrogen) atoms. The maximum absolute atomic E-state index is 13.4. The van der Waals surface area contributed by atoms with Gasteiger partial charge < -0.3 is 20.5 Å². The molecule has 0 aliphatic heterocycles. The van der Waals surface area contributed by atoms with E-state index in [4.69, 9.17) is 15.2 Å². The van der Waals surface area contributed by atoms with Crippen LogP contribution in [-0.4, -0.2) is 30.5 Å². The van der Waals surface area contributed by atoms with Crippen LogP contribution in [0.1, 0.15) is 17.3 Å².